The van der Waals surface area contributed by atoms with E-state index in [1.807, 2.05) is 31.2 Å². The lowest BCUT2D eigenvalue weighted by molar-refractivity contribution is 0.750. The molecule has 0 saturated heterocycles. The van der Waals surface area contributed by atoms with E-state index in [1.54, 1.807) is 4.57 Å². The Hall–Kier alpha value is -2.65. The largest absolute Gasteiger partial charge is 0.356 e. The van der Waals surface area contributed by atoms with Gasteiger partial charge in [0.1, 0.15) is 5.82 Å². The van der Waals surface area contributed by atoms with Crippen LogP contribution in [0.2, 0.25) is 0 Å². The molecule has 0 aliphatic carbocycles. The molecule has 2 N–H and O–H groups in total. The van der Waals surface area contributed by atoms with Crippen LogP contribution in [0.5, 0.6) is 0 Å². The standard InChI is InChI=1S/C16H19N5O/c1-4-11-17-20-15-18-14(6-3)21(16(22)19-15)13-10-8-7-9-12(13)5-2/h1,7-10,17H,5-6,11H2,2-3H3,(H,19,20,22). The van der Waals surface area contributed by atoms with E-state index in [1.165, 1.54) is 0 Å². The summed E-state index contributed by atoms with van der Waals surface area (Å²) >= 11 is 0. The fourth-order valence-corrected chi connectivity index (χ4v) is 2.19. The lowest BCUT2D eigenvalue weighted by Crippen LogP contribution is -2.31. The Morgan fingerprint density at radius 2 is 2.00 bits per heavy atom. The normalized spacial score (nSPS) is 10.2. The maximum absolute atomic E-state index is 12.4. The number of nitrogens with one attached hydrogen (secondary N) is 2. The SMILES string of the molecule is C#CCNNc1nc(CC)n(-c2ccccc2CC)c(=O)n1. The molecule has 6 nitrogen and oxygen atoms in total. The molecule has 0 aliphatic heterocycles. The molecule has 0 atom stereocenters. The van der Waals surface area contributed by atoms with Crippen LogP contribution in [0.15, 0.2) is 29.1 Å². The third-order valence-corrected chi connectivity index (χ3v) is 3.21. The molecule has 114 valence electrons. The van der Waals surface area contributed by atoms with Crippen LogP contribution in [-0.2, 0) is 12.8 Å². The number of hydrogen-bond acceptors (Lipinski definition) is 5. The molecule has 0 fully saturated rings. The number of hydrazine groups is 1. The number of terminal acetylenes is 1. The van der Waals surface area contributed by atoms with Gasteiger partial charge >= 0.3 is 5.69 Å². The average molecular weight is 297 g/mol. The quantitative estimate of drug-likeness (QED) is 0.478. The Morgan fingerprint density at radius 1 is 1.23 bits per heavy atom. The first-order valence-corrected chi connectivity index (χ1v) is 7.21. The number of anilines is 1. The van der Waals surface area contributed by atoms with Gasteiger partial charge in [0.2, 0.25) is 5.95 Å². The first kappa shape index (κ1) is 15.7. The molecule has 0 amide bonds. The van der Waals surface area contributed by atoms with E-state index in [2.05, 4.69) is 33.7 Å². The van der Waals surface area contributed by atoms with Crippen LogP contribution in [0, 0.1) is 12.3 Å². The fraction of sp³-hybridized carbons (Fsp3) is 0.312. The van der Waals surface area contributed by atoms with Gasteiger partial charge in [-0.05, 0) is 18.1 Å². The number of aromatic nitrogens is 3. The first-order chi connectivity index (χ1) is 10.7. The molecule has 1 heterocycles. The van der Waals surface area contributed by atoms with Crippen molar-refractivity contribution in [3.05, 3.63) is 46.1 Å². The Kier molecular flexibility index (Phi) is 5.28. The van der Waals surface area contributed by atoms with E-state index in [0.29, 0.717) is 18.8 Å². The van der Waals surface area contributed by atoms with E-state index >= 15 is 0 Å². The number of para-hydroxylation sites is 1. The van der Waals surface area contributed by atoms with Gasteiger partial charge in [0, 0.05) is 6.42 Å². The van der Waals surface area contributed by atoms with Gasteiger partial charge < -0.3 is 0 Å². The number of rotatable bonds is 6. The number of benzene rings is 1. The maximum atomic E-state index is 12.4. The highest BCUT2D eigenvalue weighted by molar-refractivity contribution is 5.42. The predicted molar refractivity (Wildman–Crippen MR) is 86.8 cm³/mol. The molecule has 0 radical (unpaired) electrons. The minimum absolute atomic E-state index is 0.224. The lowest BCUT2D eigenvalue weighted by Gasteiger charge is -2.14. The van der Waals surface area contributed by atoms with E-state index in [-0.39, 0.29) is 11.6 Å². The molecule has 0 bridgehead atoms. The van der Waals surface area contributed by atoms with E-state index in [4.69, 9.17) is 6.42 Å². The highest BCUT2D eigenvalue weighted by atomic mass is 16.1. The topological polar surface area (TPSA) is 71.8 Å². The zero-order valence-corrected chi connectivity index (χ0v) is 12.8. The Bertz CT molecular complexity index is 745. The van der Waals surface area contributed by atoms with Crippen molar-refractivity contribution in [3.8, 4) is 18.0 Å². The first-order valence-electron chi connectivity index (χ1n) is 7.21. The summed E-state index contributed by atoms with van der Waals surface area (Å²) in [5.41, 5.74) is 7.04. The summed E-state index contributed by atoms with van der Waals surface area (Å²) < 4.78 is 1.56. The zero-order chi connectivity index (χ0) is 15.9. The van der Waals surface area contributed by atoms with Crippen LogP contribution in [0.3, 0.4) is 0 Å². The van der Waals surface area contributed by atoms with Gasteiger partial charge in [-0.2, -0.15) is 9.97 Å². The minimum Gasteiger partial charge on any atom is -0.289 e. The van der Waals surface area contributed by atoms with Crippen molar-refractivity contribution < 1.29 is 0 Å². The second-order valence-electron chi connectivity index (χ2n) is 4.60. The highest BCUT2D eigenvalue weighted by Crippen LogP contribution is 2.15. The van der Waals surface area contributed by atoms with Crippen molar-refractivity contribution >= 4 is 5.95 Å². The van der Waals surface area contributed by atoms with Crippen molar-refractivity contribution in [3.63, 3.8) is 0 Å². The molecule has 0 aliphatic rings. The van der Waals surface area contributed by atoms with Crippen molar-refractivity contribution in [1.29, 1.82) is 0 Å². The summed E-state index contributed by atoms with van der Waals surface area (Å²) in [4.78, 5) is 20.8. The molecule has 0 saturated carbocycles. The average Bonchev–Trinajstić information content (AvgIpc) is 2.54. The lowest BCUT2D eigenvalue weighted by atomic mass is 10.1. The molecular formula is C16H19N5O. The van der Waals surface area contributed by atoms with Gasteiger partial charge in [0.05, 0.1) is 12.2 Å². The van der Waals surface area contributed by atoms with Crippen molar-refractivity contribution in [2.45, 2.75) is 26.7 Å². The molecule has 6 heteroatoms. The molecule has 0 unspecified atom stereocenters. The second kappa shape index (κ2) is 7.38. The predicted octanol–water partition coefficient (Wildman–Crippen LogP) is 1.30. The van der Waals surface area contributed by atoms with E-state index in [9.17, 15) is 4.79 Å². The number of nitrogens with zero attached hydrogens (tertiary/aromatic N) is 3. The summed E-state index contributed by atoms with van der Waals surface area (Å²) in [6.45, 7) is 4.31. The molecule has 2 rings (SSSR count). The van der Waals surface area contributed by atoms with Gasteiger partial charge in [-0.25, -0.2) is 14.8 Å². The van der Waals surface area contributed by atoms with Gasteiger partial charge in [-0.3, -0.25) is 5.43 Å². The van der Waals surface area contributed by atoms with Crippen LogP contribution >= 0.6 is 0 Å². The molecular weight excluding hydrogens is 278 g/mol. The molecule has 1 aromatic carbocycles. The minimum atomic E-state index is -0.363. The fourth-order valence-electron chi connectivity index (χ4n) is 2.19. The van der Waals surface area contributed by atoms with Crippen LogP contribution in [0.1, 0.15) is 25.2 Å². The van der Waals surface area contributed by atoms with Crippen molar-refractivity contribution in [1.82, 2.24) is 20.0 Å². The number of aryl methyl sites for hydroxylation is 2. The summed E-state index contributed by atoms with van der Waals surface area (Å²) in [5.74, 6) is 3.29. The Balaban J connectivity index is 2.48. The number of hydrogen-bond donors (Lipinski definition) is 2. The summed E-state index contributed by atoms with van der Waals surface area (Å²) in [7, 11) is 0. The summed E-state index contributed by atoms with van der Waals surface area (Å²) in [6.07, 6.45) is 6.59. The second-order valence-corrected chi connectivity index (χ2v) is 4.60. The molecule has 1 aromatic heterocycles. The summed E-state index contributed by atoms with van der Waals surface area (Å²) in [6, 6.07) is 7.77. The Morgan fingerprint density at radius 3 is 2.68 bits per heavy atom. The van der Waals surface area contributed by atoms with E-state index in [0.717, 1.165) is 17.7 Å². The third-order valence-electron chi connectivity index (χ3n) is 3.21. The van der Waals surface area contributed by atoms with Crippen LogP contribution in [0.4, 0.5) is 5.95 Å². The van der Waals surface area contributed by atoms with Crippen LogP contribution in [-0.4, -0.2) is 21.1 Å². The van der Waals surface area contributed by atoms with Gasteiger partial charge in [0.15, 0.2) is 0 Å². The monoisotopic (exact) mass is 297 g/mol. The van der Waals surface area contributed by atoms with Gasteiger partial charge in [-0.15, -0.1) is 6.42 Å². The van der Waals surface area contributed by atoms with Crippen molar-refractivity contribution in [2.75, 3.05) is 12.0 Å². The highest BCUT2D eigenvalue weighted by Gasteiger charge is 2.12. The third kappa shape index (κ3) is 3.32. The Labute approximate surface area is 129 Å². The maximum Gasteiger partial charge on any atom is 0.356 e. The molecule has 0 spiro atoms. The smallest absolute Gasteiger partial charge is 0.289 e. The van der Waals surface area contributed by atoms with Crippen molar-refractivity contribution in [2.24, 2.45) is 0 Å². The van der Waals surface area contributed by atoms with Gasteiger partial charge in [-0.1, -0.05) is 38.0 Å². The van der Waals surface area contributed by atoms with Gasteiger partial charge in [0.25, 0.3) is 0 Å². The van der Waals surface area contributed by atoms with Crippen LogP contribution in [0.25, 0.3) is 5.69 Å². The molecule has 22 heavy (non-hydrogen) atoms. The molecule has 2 aromatic rings. The van der Waals surface area contributed by atoms with E-state index < -0.39 is 0 Å². The van der Waals surface area contributed by atoms with Crippen LogP contribution < -0.4 is 16.5 Å². The zero-order valence-electron chi connectivity index (χ0n) is 12.8. The summed E-state index contributed by atoms with van der Waals surface area (Å²) in [5, 5.41) is 0.